The summed E-state index contributed by atoms with van der Waals surface area (Å²) in [7, 11) is 0. The number of unbranched alkanes of at least 4 members (excludes halogenated alkanes) is 1. The number of amides is 2. The number of nitrogens with one attached hydrogen (secondary N) is 1. The molecule has 3 atom stereocenters. The van der Waals surface area contributed by atoms with Crippen LogP contribution in [0.4, 0.5) is 4.79 Å². The van der Waals surface area contributed by atoms with E-state index in [2.05, 4.69) is 29.6 Å². The monoisotopic (exact) mass is 464 g/mol. The van der Waals surface area contributed by atoms with Gasteiger partial charge in [-0.1, -0.05) is 75.2 Å². The molecule has 1 fully saturated rings. The number of hydrogen-bond acceptors (Lipinski definition) is 4. The summed E-state index contributed by atoms with van der Waals surface area (Å²) >= 11 is 0. The summed E-state index contributed by atoms with van der Waals surface area (Å²) in [6.07, 6.45) is 1.51. The lowest BCUT2D eigenvalue weighted by Crippen LogP contribution is -2.48. The molecule has 4 rings (SSSR count). The molecular formula is C27H32N2O5. The van der Waals surface area contributed by atoms with Gasteiger partial charge in [0.2, 0.25) is 5.91 Å². The number of alkyl carbamates (subject to hydrolysis) is 1. The highest BCUT2D eigenvalue weighted by molar-refractivity contribution is 5.87. The van der Waals surface area contributed by atoms with Crippen molar-refractivity contribution in [1.82, 2.24) is 10.2 Å². The molecule has 2 unspecified atom stereocenters. The Morgan fingerprint density at radius 1 is 1.06 bits per heavy atom. The number of hydrogen-bond donors (Lipinski definition) is 2. The van der Waals surface area contributed by atoms with Crippen molar-refractivity contribution in [1.29, 1.82) is 0 Å². The van der Waals surface area contributed by atoms with E-state index in [1.165, 1.54) is 0 Å². The zero-order chi connectivity index (χ0) is 24.2. The van der Waals surface area contributed by atoms with Gasteiger partial charge in [-0.2, -0.15) is 0 Å². The van der Waals surface area contributed by atoms with Gasteiger partial charge in [0.05, 0.1) is 5.92 Å². The predicted molar refractivity (Wildman–Crippen MR) is 128 cm³/mol. The van der Waals surface area contributed by atoms with Crippen molar-refractivity contribution in [3.05, 3.63) is 59.7 Å². The maximum absolute atomic E-state index is 13.2. The first-order valence-corrected chi connectivity index (χ1v) is 12.0. The van der Waals surface area contributed by atoms with E-state index < -0.39 is 24.0 Å². The Morgan fingerprint density at radius 2 is 1.68 bits per heavy atom. The van der Waals surface area contributed by atoms with Crippen molar-refractivity contribution >= 4 is 18.0 Å². The largest absolute Gasteiger partial charge is 0.481 e. The highest BCUT2D eigenvalue weighted by Gasteiger charge is 2.39. The fourth-order valence-electron chi connectivity index (χ4n) is 5.14. The second kappa shape index (κ2) is 10.3. The molecule has 180 valence electrons. The summed E-state index contributed by atoms with van der Waals surface area (Å²) < 4.78 is 5.63. The number of ether oxygens (including phenoxy) is 1. The number of rotatable bonds is 8. The van der Waals surface area contributed by atoms with Gasteiger partial charge in [0.15, 0.2) is 0 Å². The van der Waals surface area contributed by atoms with Crippen molar-refractivity contribution in [2.24, 2.45) is 11.8 Å². The number of likely N-dealkylation sites (tertiary alicyclic amines) is 1. The van der Waals surface area contributed by atoms with Crippen molar-refractivity contribution in [2.45, 2.75) is 45.1 Å². The first-order valence-electron chi connectivity index (χ1n) is 12.0. The highest BCUT2D eigenvalue weighted by Crippen LogP contribution is 2.44. The van der Waals surface area contributed by atoms with Gasteiger partial charge < -0.3 is 20.1 Å². The third-order valence-electron chi connectivity index (χ3n) is 7.02. The Labute approximate surface area is 200 Å². The molecular weight excluding hydrogens is 432 g/mol. The van der Waals surface area contributed by atoms with Gasteiger partial charge in [-0.25, -0.2) is 4.79 Å². The molecule has 34 heavy (non-hydrogen) atoms. The molecule has 7 heteroatoms. The molecule has 2 amide bonds. The Balaban J connectivity index is 1.41. The molecule has 1 aliphatic heterocycles. The molecule has 1 aliphatic carbocycles. The maximum Gasteiger partial charge on any atom is 0.407 e. The number of fused-ring (bicyclic) bond motifs is 3. The Bertz CT molecular complexity index is 1020. The van der Waals surface area contributed by atoms with Crippen LogP contribution in [0.5, 0.6) is 0 Å². The average molecular weight is 465 g/mol. The first kappa shape index (κ1) is 23.8. The van der Waals surface area contributed by atoms with E-state index >= 15 is 0 Å². The third-order valence-corrected chi connectivity index (χ3v) is 7.02. The highest BCUT2D eigenvalue weighted by atomic mass is 16.5. The minimum atomic E-state index is -0.891. The van der Waals surface area contributed by atoms with Crippen molar-refractivity contribution in [2.75, 3.05) is 19.7 Å². The molecule has 2 N–H and O–H groups in total. The summed E-state index contributed by atoms with van der Waals surface area (Å²) in [4.78, 5) is 38.9. The molecule has 0 radical (unpaired) electrons. The molecule has 1 heterocycles. The van der Waals surface area contributed by atoms with Gasteiger partial charge in [-0.3, -0.25) is 9.59 Å². The van der Waals surface area contributed by atoms with Crippen LogP contribution >= 0.6 is 0 Å². The van der Waals surface area contributed by atoms with Crippen LogP contribution in [-0.4, -0.2) is 53.7 Å². The Morgan fingerprint density at radius 3 is 2.24 bits per heavy atom. The first-order chi connectivity index (χ1) is 16.4. The normalized spacial score (nSPS) is 19.9. The zero-order valence-electron chi connectivity index (χ0n) is 19.7. The van der Waals surface area contributed by atoms with Crippen molar-refractivity contribution in [3.63, 3.8) is 0 Å². The molecule has 7 nitrogen and oxygen atoms in total. The number of aliphatic carboxylic acids is 1. The predicted octanol–water partition coefficient (Wildman–Crippen LogP) is 4.26. The fourth-order valence-corrected chi connectivity index (χ4v) is 5.14. The van der Waals surface area contributed by atoms with Gasteiger partial charge in [-0.05, 0) is 34.6 Å². The van der Waals surface area contributed by atoms with Crippen LogP contribution in [0.15, 0.2) is 48.5 Å². The summed E-state index contributed by atoms with van der Waals surface area (Å²) in [5, 5.41) is 12.2. The smallest absolute Gasteiger partial charge is 0.407 e. The van der Waals surface area contributed by atoms with E-state index in [1.54, 1.807) is 4.90 Å². The molecule has 1 saturated heterocycles. The van der Waals surface area contributed by atoms with Crippen LogP contribution in [0.1, 0.15) is 50.2 Å². The van der Waals surface area contributed by atoms with E-state index in [0.717, 1.165) is 35.1 Å². The molecule has 2 aromatic rings. The Kier molecular flexibility index (Phi) is 7.20. The third kappa shape index (κ3) is 4.79. The summed E-state index contributed by atoms with van der Waals surface area (Å²) in [5.41, 5.74) is 4.56. The number of nitrogens with zero attached hydrogens (tertiary/aromatic N) is 1. The van der Waals surface area contributed by atoms with E-state index in [4.69, 9.17) is 4.74 Å². The number of carbonyl (C=O) groups is 3. The number of carboxylic acids is 1. The van der Waals surface area contributed by atoms with Crippen molar-refractivity contribution in [3.8, 4) is 11.1 Å². The van der Waals surface area contributed by atoms with Crippen LogP contribution in [0.2, 0.25) is 0 Å². The lowest BCUT2D eigenvalue weighted by Gasteiger charge is -2.24. The van der Waals surface area contributed by atoms with E-state index in [9.17, 15) is 19.5 Å². The minimum absolute atomic E-state index is 0.0568. The topological polar surface area (TPSA) is 95.9 Å². The quantitative estimate of drug-likeness (QED) is 0.609. The van der Waals surface area contributed by atoms with Crippen LogP contribution in [-0.2, 0) is 14.3 Å². The molecule has 0 bridgehead atoms. The lowest BCUT2D eigenvalue weighted by molar-refractivity contribution is -0.142. The van der Waals surface area contributed by atoms with Crippen LogP contribution in [0.3, 0.4) is 0 Å². The van der Waals surface area contributed by atoms with E-state index in [-0.39, 0.29) is 30.9 Å². The Hall–Kier alpha value is -3.35. The molecule has 0 aromatic heterocycles. The SMILES string of the molecule is CCCC[C@H](NC(=O)OCC1c2ccccc2-c2ccccc21)C(=O)N1CC(C)C(C(=O)O)C1. The molecule has 0 spiro atoms. The van der Waals surface area contributed by atoms with Crippen LogP contribution in [0.25, 0.3) is 11.1 Å². The number of benzene rings is 2. The second-order valence-electron chi connectivity index (χ2n) is 9.33. The van der Waals surface area contributed by atoms with Crippen LogP contribution < -0.4 is 5.32 Å². The van der Waals surface area contributed by atoms with Crippen molar-refractivity contribution < 1.29 is 24.2 Å². The van der Waals surface area contributed by atoms with E-state index in [1.807, 2.05) is 38.1 Å². The zero-order valence-corrected chi connectivity index (χ0v) is 19.7. The van der Waals surface area contributed by atoms with Gasteiger partial charge in [0, 0.05) is 19.0 Å². The minimum Gasteiger partial charge on any atom is -0.481 e. The van der Waals surface area contributed by atoms with Gasteiger partial charge in [-0.15, -0.1) is 0 Å². The average Bonchev–Trinajstić information content (AvgIpc) is 3.38. The van der Waals surface area contributed by atoms with Gasteiger partial charge in [0.25, 0.3) is 0 Å². The number of carbonyl (C=O) groups excluding carboxylic acids is 2. The second-order valence-corrected chi connectivity index (χ2v) is 9.33. The van der Waals surface area contributed by atoms with Gasteiger partial charge in [0.1, 0.15) is 12.6 Å². The standard InChI is InChI=1S/C27H32N2O5/c1-3-4-13-24(25(30)29-14-17(2)22(15-29)26(31)32)28-27(33)34-16-23-20-11-7-5-9-18(20)19-10-6-8-12-21(19)23/h5-12,17,22-24H,3-4,13-16H2,1-2H3,(H,28,33)(H,31,32)/t17?,22?,24-/m0/s1. The summed E-state index contributed by atoms with van der Waals surface area (Å²) in [6.45, 7) is 4.59. The van der Waals surface area contributed by atoms with E-state index in [0.29, 0.717) is 13.0 Å². The summed E-state index contributed by atoms with van der Waals surface area (Å²) in [5.74, 6) is -1.89. The molecule has 0 saturated carbocycles. The summed E-state index contributed by atoms with van der Waals surface area (Å²) in [6, 6.07) is 15.5. The molecule has 2 aromatic carbocycles. The van der Waals surface area contributed by atoms with Gasteiger partial charge >= 0.3 is 12.1 Å². The number of carboxylic acid groups (broad SMARTS) is 1. The fraction of sp³-hybridized carbons (Fsp3) is 0.444. The maximum atomic E-state index is 13.2. The lowest BCUT2D eigenvalue weighted by atomic mass is 9.98. The van der Waals surface area contributed by atoms with Crippen LogP contribution in [0, 0.1) is 11.8 Å². The molecule has 2 aliphatic rings.